The van der Waals surface area contributed by atoms with Gasteiger partial charge in [-0.15, -0.1) is 0 Å². The van der Waals surface area contributed by atoms with Crippen molar-refractivity contribution in [1.82, 2.24) is 5.32 Å². The van der Waals surface area contributed by atoms with Crippen LogP contribution in [0.3, 0.4) is 0 Å². The molecule has 0 fully saturated rings. The third-order valence-corrected chi connectivity index (χ3v) is 3.26. The molecule has 2 rings (SSSR count). The van der Waals surface area contributed by atoms with Crippen LogP contribution in [0.5, 0.6) is 0 Å². The first-order chi connectivity index (χ1) is 10.6. The number of carboxylic acid groups (broad SMARTS) is 1. The molecule has 4 nitrogen and oxygen atoms in total. The van der Waals surface area contributed by atoms with Crippen LogP contribution in [0.4, 0.5) is 0 Å². The van der Waals surface area contributed by atoms with E-state index in [-0.39, 0.29) is 12.5 Å². The van der Waals surface area contributed by atoms with E-state index in [2.05, 4.69) is 11.2 Å². The molecule has 2 N–H and O–H groups in total. The molecule has 0 saturated heterocycles. The van der Waals surface area contributed by atoms with E-state index in [0.717, 1.165) is 0 Å². The van der Waals surface area contributed by atoms with Crippen molar-refractivity contribution in [2.45, 2.75) is 5.92 Å². The quantitative estimate of drug-likeness (QED) is 0.830. The Morgan fingerprint density at radius 1 is 1.09 bits per heavy atom. The number of carbonyl (C=O) groups is 2. The molecule has 0 saturated carbocycles. The Hall–Kier alpha value is -3.06. The standard InChI is InChI=1S/C18H14NO3/c1-2-13-8-10-15(11-9-13)17(20)19-12-16(18(21)22)14-6-4-3-5-7-14/h3-11,16H,12H2,(H,19,20)(H,21,22). The van der Waals surface area contributed by atoms with Gasteiger partial charge in [0.15, 0.2) is 0 Å². The fourth-order valence-corrected chi connectivity index (χ4v) is 2.03. The molecular formula is C18H14NO3. The Morgan fingerprint density at radius 3 is 2.27 bits per heavy atom. The molecule has 1 radical (unpaired) electrons. The van der Waals surface area contributed by atoms with Crippen molar-refractivity contribution >= 4 is 11.9 Å². The van der Waals surface area contributed by atoms with Crippen LogP contribution >= 0.6 is 0 Å². The number of hydrogen-bond acceptors (Lipinski definition) is 2. The van der Waals surface area contributed by atoms with Gasteiger partial charge < -0.3 is 10.4 Å². The lowest BCUT2D eigenvalue weighted by Gasteiger charge is -2.13. The van der Waals surface area contributed by atoms with Gasteiger partial charge in [0.05, 0.1) is 5.92 Å². The van der Waals surface area contributed by atoms with Crippen molar-refractivity contribution < 1.29 is 14.7 Å². The van der Waals surface area contributed by atoms with E-state index in [0.29, 0.717) is 16.7 Å². The van der Waals surface area contributed by atoms with Crippen molar-refractivity contribution in [2.24, 2.45) is 0 Å². The summed E-state index contributed by atoms with van der Waals surface area (Å²) >= 11 is 0. The Labute approximate surface area is 128 Å². The smallest absolute Gasteiger partial charge is 0.312 e. The van der Waals surface area contributed by atoms with Crippen molar-refractivity contribution in [3.05, 3.63) is 77.7 Å². The van der Waals surface area contributed by atoms with Gasteiger partial charge in [-0.1, -0.05) is 36.3 Å². The lowest BCUT2D eigenvalue weighted by molar-refractivity contribution is -0.138. The lowest BCUT2D eigenvalue weighted by Crippen LogP contribution is -2.31. The number of carboxylic acids is 1. The van der Waals surface area contributed by atoms with Gasteiger partial charge in [-0.25, -0.2) is 0 Å². The van der Waals surface area contributed by atoms with E-state index in [1.165, 1.54) is 0 Å². The SMILES string of the molecule is [C]#Cc1ccc(C(=O)NCC(C(=O)O)c2ccccc2)cc1. The number of nitrogens with one attached hydrogen (secondary N) is 1. The van der Waals surface area contributed by atoms with Gasteiger partial charge in [-0.3, -0.25) is 9.59 Å². The second-order valence-corrected chi connectivity index (χ2v) is 4.71. The van der Waals surface area contributed by atoms with Gasteiger partial charge in [0.25, 0.3) is 5.91 Å². The molecule has 0 aliphatic heterocycles. The molecule has 1 atom stereocenters. The van der Waals surface area contributed by atoms with Crippen LogP contribution < -0.4 is 5.32 Å². The van der Waals surface area contributed by atoms with E-state index in [9.17, 15) is 14.7 Å². The molecule has 0 aliphatic carbocycles. The zero-order valence-corrected chi connectivity index (χ0v) is 11.7. The monoisotopic (exact) mass is 292 g/mol. The largest absolute Gasteiger partial charge is 0.481 e. The number of benzene rings is 2. The molecule has 0 heterocycles. The lowest BCUT2D eigenvalue weighted by atomic mass is 9.99. The molecule has 109 valence electrons. The molecule has 1 unspecified atom stereocenters. The number of hydrogen-bond donors (Lipinski definition) is 2. The Kier molecular flexibility index (Phi) is 4.94. The average molecular weight is 292 g/mol. The molecule has 0 aromatic heterocycles. The maximum Gasteiger partial charge on any atom is 0.312 e. The molecule has 2 aromatic rings. The zero-order chi connectivity index (χ0) is 15.9. The van der Waals surface area contributed by atoms with Crippen LogP contribution in [0.1, 0.15) is 27.4 Å². The summed E-state index contributed by atoms with van der Waals surface area (Å²) in [6.45, 7) is 0.0105. The molecule has 4 heteroatoms. The highest BCUT2D eigenvalue weighted by molar-refractivity contribution is 5.94. The predicted molar refractivity (Wildman–Crippen MR) is 81.8 cm³/mol. The highest BCUT2D eigenvalue weighted by atomic mass is 16.4. The molecule has 2 aromatic carbocycles. The summed E-state index contributed by atoms with van der Waals surface area (Å²) in [7, 11) is 0. The summed E-state index contributed by atoms with van der Waals surface area (Å²) < 4.78 is 0. The molecule has 22 heavy (non-hydrogen) atoms. The van der Waals surface area contributed by atoms with Gasteiger partial charge in [0.1, 0.15) is 0 Å². The third kappa shape index (κ3) is 3.74. The first-order valence-corrected chi connectivity index (χ1v) is 6.70. The van der Waals surface area contributed by atoms with Crippen LogP contribution in [0.25, 0.3) is 0 Å². The maximum absolute atomic E-state index is 12.0. The number of rotatable bonds is 5. The van der Waals surface area contributed by atoms with E-state index in [4.69, 9.17) is 6.42 Å². The van der Waals surface area contributed by atoms with Gasteiger partial charge >= 0.3 is 5.97 Å². The van der Waals surface area contributed by atoms with Gasteiger partial charge in [0.2, 0.25) is 0 Å². The highest BCUT2D eigenvalue weighted by Gasteiger charge is 2.20. The molecule has 1 amide bonds. The Balaban J connectivity index is 2.04. The minimum absolute atomic E-state index is 0.0105. The first kappa shape index (κ1) is 15.3. The first-order valence-electron chi connectivity index (χ1n) is 6.70. The average Bonchev–Trinajstić information content (AvgIpc) is 2.55. The zero-order valence-electron chi connectivity index (χ0n) is 11.7. The third-order valence-electron chi connectivity index (χ3n) is 3.26. The molecule has 0 spiro atoms. The van der Waals surface area contributed by atoms with Gasteiger partial charge in [0, 0.05) is 17.7 Å². The second kappa shape index (κ2) is 7.09. The highest BCUT2D eigenvalue weighted by Crippen LogP contribution is 2.15. The fourth-order valence-electron chi connectivity index (χ4n) is 2.03. The van der Waals surface area contributed by atoms with Crippen molar-refractivity contribution in [3.63, 3.8) is 0 Å². The van der Waals surface area contributed by atoms with Gasteiger partial charge in [-0.05, 0) is 36.3 Å². The fraction of sp³-hybridized carbons (Fsp3) is 0.111. The van der Waals surface area contributed by atoms with Crippen LogP contribution in [0, 0.1) is 12.3 Å². The van der Waals surface area contributed by atoms with Crippen LogP contribution in [-0.4, -0.2) is 23.5 Å². The number of aliphatic carboxylic acids is 1. The summed E-state index contributed by atoms with van der Waals surface area (Å²) in [5, 5.41) is 11.9. The van der Waals surface area contributed by atoms with Crippen LogP contribution in [0.2, 0.25) is 0 Å². The van der Waals surface area contributed by atoms with E-state index in [1.54, 1.807) is 48.5 Å². The Morgan fingerprint density at radius 2 is 1.73 bits per heavy atom. The topological polar surface area (TPSA) is 66.4 Å². The normalized spacial score (nSPS) is 11.2. The van der Waals surface area contributed by atoms with Gasteiger partial charge in [-0.2, -0.15) is 0 Å². The predicted octanol–water partition coefficient (Wildman–Crippen LogP) is 2.22. The van der Waals surface area contributed by atoms with E-state index >= 15 is 0 Å². The summed E-state index contributed by atoms with van der Waals surface area (Å²) in [6.07, 6.45) is 6.99. The summed E-state index contributed by atoms with van der Waals surface area (Å²) in [5.41, 5.74) is 1.63. The van der Waals surface area contributed by atoms with Crippen molar-refractivity contribution in [3.8, 4) is 5.92 Å². The minimum Gasteiger partial charge on any atom is -0.481 e. The Bertz CT molecular complexity index is 699. The minimum atomic E-state index is -0.986. The maximum atomic E-state index is 12.0. The van der Waals surface area contributed by atoms with Crippen LogP contribution in [-0.2, 0) is 4.79 Å². The van der Waals surface area contributed by atoms with Crippen molar-refractivity contribution in [1.29, 1.82) is 0 Å². The van der Waals surface area contributed by atoms with Crippen LogP contribution in [0.15, 0.2) is 54.6 Å². The molecular weight excluding hydrogens is 278 g/mol. The van der Waals surface area contributed by atoms with Crippen molar-refractivity contribution in [2.75, 3.05) is 6.54 Å². The number of amides is 1. The summed E-state index contributed by atoms with van der Waals surface area (Å²) in [4.78, 5) is 23.4. The molecule has 0 aliphatic rings. The second-order valence-electron chi connectivity index (χ2n) is 4.71. The summed E-state index contributed by atoms with van der Waals surface area (Å²) in [5.74, 6) is 0.0938. The number of carbonyl (C=O) groups excluding carboxylic acids is 1. The molecule has 0 bridgehead atoms. The summed E-state index contributed by atoms with van der Waals surface area (Å²) in [6, 6.07) is 15.1. The van der Waals surface area contributed by atoms with E-state index < -0.39 is 11.9 Å². The van der Waals surface area contributed by atoms with E-state index in [1.807, 2.05) is 6.07 Å².